The van der Waals surface area contributed by atoms with Crippen molar-refractivity contribution in [3.05, 3.63) is 47.6 Å². The Labute approximate surface area is 773 Å². The molecule has 0 spiro atoms. The van der Waals surface area contributed by atoms with E-state index in [0.29, 0.717) is 63.4 Å². The van der Waals surface area contributed by atoms with Crippen molar-refractivity contribution in [3.63, 3.8) is 0 Å². The molecule has 4 rings (SSSR count). The average Bonchev–Trinajstić information content (AvgIpc) is 3.52. The number of carbonyl (C=O) groups is 4. The molecule has 4 aliphatic rings. The third-order valence-electron chi connectivity index (χ3n) is 15.0. The molecule has 2 unspecified atom stereocenters. The molecule has 0 aromatic carbocycles. The van der Waals surface area contributed by atoms with E-state index in [4.69, 9.17) is 23.7 Å². The number of cyclic esters (lactones) is 1. The number of piperidine rings is 1. The fraction of sp³-hybridized carbons (Fsp3) is 0.865. The lowest BCUT2D eigenvalue weighted by atomic mass is 9.78. The van der Waals surface area contributed by atoms with E-state index in [-0.39, 0.29) is 419 Å². The summed E-state index contributed by atoms with van der Waals surface area (Å²) >= 11 is 0. The van der Waals surface area contributed by atoms with Gasteiger partial charge < -0.3 is 49.0 Å². The summed E-state index contributed by atoms with van der Waals surface area (Å²) in [5.41, 5.74) is 1.27. The summed E-state index contributed by atoms with van der Waals surface area (Å²) in [5, 5.41) is 45.9. The zero-order chi connectivity index (χ0) is 51.0. The highest BCUT2D eigenvalue weighted by molar-refractivity contribution is 6.39. The number of carbonyl (C=O) groups excluding carboxylic acids is 4. The van der Waals surface area contributed by atoms with Crippen LogP contribution >= 0.6 is 0 Å². The molecule has 3 aliphatic heterocycles. The summed E-state index contributed by atoms with van der Waals surface area (Å²) in [7, 11) is 2.97. The van der Waals surface area contributed by atoms with Gasteiger partial charge in [-0.2, -0.15) is 0 Å². The number of Topliss-reactive ketones (excluding diaryl/α,β-unsaturated/α-hetero) is 2. The first-order valence-corrected chi connectivity index (χ1v) is 25.7. The van der Waals surface area contributed by atoms with Crippen molar-refractivity contribution < 1.29 is 63.3 Å². The normalized spacial score (nSPS) is 22.4. The van der Waals surface area contributed by atoms with Crippen LogP contribution in [-0.4, -0.2) is 130 Å². The molecule has 4 N–H and O–H groups in total. The maximum Gasteiger partial charge on any atom is 0.329 e. The molecule has 1 aliphatic carbocycles. The first kappa shape index (κ1) is 315. The van der Waals surface area contributed by atoms with Gasteiger partial charge >= 0.3 is 5.97 Å². The van der Waals surface area contributed by atoms with Gasteiger partial charge in [-0.1, -0.05) is 448 Å². The van der Waals surface area contributed by atoms with Crippen LogP contribution < -0.4 is 0 Å². The largest absolute Gasteiger partial charge is 0.460 e. The van der Waals surface area contributed by atoms with E-state index in [0.717, 1.165) is 18.4 Å². The number of aliphatic hydroxyl groups excluding tert-OH is 3. The maximum absolute atomic E-state index is 14.5. The van der Waals surface area contributed by atoms with Gasteiger partial charge in [0.2, 0.25) is 5.79 Å². The van der Waals surface area contributed by atoms with E-state index < -0.39 is 90.0 Å². The van der Waals surface area contributed by atoms with Crippen LogP contribution in [0.3, 0.4) is 0 Å². The predicted octanol–water partition coefficient (Wildman–Crippen LogP) is 38.3. The lowest BCUT2D eigenvalue weighted by Crippen LogP contribution is -2.61. The Morgan fingerprint density at radius 2 is 0.949 bits per heavy atom. The van der Waals surface area contributed by atoms with Crippen molar-refractivity contribution in [1.82, 2.24) is 4.90 Å². The molecular formula is C104H281NO13. The molecule has 1 saturated carbocycles. The van der Waals surface area contributed by atoms with E-state index in [1.54, 1.807) is 34.0 Å². The number of fused-ring (bicyclic) bond motifs is 3. The monoisotopic (exact) mass is 1750 g/mol. The molecule has 2 bridgehead atoms. The van der Waals surface area contributed by atoms with E-state index in [1.165, 1.54) is 12.0 Å². The molecule has 2 saturated heterocycles. The average molecular weight is 1750 g/mol. The minimum Gasteiger partial charge on any atom is -0.460 e. The SMILES string of the molecule is C.C.C.C.C.C.C.C.C.C.C.C.C.C.C.C.C.C.C.C.C.C.C.C.C.C.C.C.C.C.C.C.C.C.C.C.C.C.C.C.C.C.C.C.C.C.C.C.C.CCCC#CO[C@H]1C[C@@H]2CC[C@@H](C)[C@@](O)(O2)C(=O)C(=O)N2CCCC[C@H]2C(=O)O[C@H]([C@H](C)C[C@@H]2CCC(O)[C@H](OC)C2)CC(O)[C@H](C)/C=C(\C)[C@@H](O)[C@@H](OC)C(=O)[C@H](C)C[C@H](C)/C=C/C=CC=C1C. The van der Waals surface area contributed by atoms with Gasteiger partial charge in [0.15, 0.2) is 5.78 Å². The number of hydrogen-bond acceptors (Lipinski definition) is 13. The highest BCUT2D eigenvalue weighted by atomic mass is 16.6. The molecule has 3 heterocycles. The summed E-state index contributed by atoms with van der Waals surface area (Å²) in [6.07, 6.45) is 14.6. The van der Waals surface area contributed by atoms with Crippen LogP contribution in [0.1, 0.15) is 509 Å². The van der Waals surface area contributed by atoms with Crippen LogP contribution in [0.2, 0.25) is 0 Å². The molecule has 0 aromatic rings. The molecule has 0 radical (unpaired) electrons. The molecule has 0 aromatic heterocycles. The number of ether oxygens (including phenoxy) is 5. The maximum atomic E-state index is 14.5. The van der Waals surface area contributed by atoms with Crippen molar-refractivity contribution in [2.45, 2.75) is 570 Å². The topological polar surface area (TPSA) is 199 Å². The number of ketones is 2. The quantitative estimate of drug-likeness (QED) is 0.0813. The number of allylic oxidation sites excluding steroid dienone is 5. The number of hydrogen-bond donors (Lipinski definition) is 4. The Balaban J connectivity index is -0.0000000240. The summed E-state index contributed by atoms with van der Waals surface area (Å²) in [6, 6.07) is -1.13. The van der Waals surface area contributed by atoms with Gasteiger partial charge in [-0.05, 0) is 113 Å². The summed E-state index contributed by atoms with van der Waals surface area (Å²) in [6.45, 7) is 15.0. The van der Waals surface area contributed by atoms with Gasteiger partial charge in [0.25, 0.3) is 11.7 Å². The standard InChI is InChI=1S/C55H85NO13.49CH4/c1-11-12-18-27-67-46-32-42-24-22-40(8)55(64,69-42)52(61)53(62)56-26-17-16-21-43(56)54(63)68-47(37(5)30-41-23-25-44(57)48(31-41)65-9)33-45(58)36(4)29-39(7)50(60)51(66-10)49(59)38(6)28-34(2)19-14-13-15-20-35(46)3;;;;;;;;;;;;;;;;;;;;;;;;;;;;;;;;;;;;;;;;;;;;;;;;;/h13-15,19-20,29,34,36-38,40-48,50-51,57-58,60,64H,11-12,16-17,21-26,28,30-33H2,1-10H3;49*1H4/b15-13?,19-14+,35-20?,39-29+;;;;;;;;;;;;;;;;;;;;;;;;;;;;;;;;;;;;;;;;;;;;;;;;;/t34-,36-,37-,38-,40-,41+,42+,43+,44?,45?,46+,47+,48-,50-,51+,55-;;;;;;;;;;;;;;;;;;;;;;;;;;;;;;;;;;;;;;;;;;;;;;;;;/m1................................................./s1. The minimum absolute atomic E-state index is 0. The van der Waals surface area contributed by atoms with Crippen molar-refractivity contribution >= 4 is 23.4 Å². The van der Waals surface area contributed by atoms with E-state index in [2.05, 4.69) is 12.0 Å². The van der Waals surface area contributed by atoms with Gasteiger partial charge in [-0.25, -0.2) is 4.79 Å². The number of nitrogens with zero attached hydrogens (tertiary/aromatic N) is 1. The van der Waals surface area contributed by atoms with E-state index in [9.17, 15) is 39.6 Å². The summed E-state index contributed by atoms with van der Waals surface area (Å²) in [4.78, 5) is 58.2. The minimum atomic E-state index is -2.46. The second-order valence-corrected chi connectivity index (χ2v) is 20.7. The van der Waals surface area contributed by atoms with Crippen LogP contribution in [-0.2, 0) is 42.9 Å². The zero-order valence-corrected chi connectivity index (χ0v) is 43.1. The number of esters is 1. The highest BCUT2D eigenvalue weighted by Gasteiger charge is 2.53. The Kier molecular flexibility index (Phi) is 411. The Morgan fingerprint density at radius 3 is 1.36 bits per heavy atom. The molecule has 3 fully saturated rings. The van der Waals surface area contributed by atoms with Crippen LogP contribution in [0.15, 0.2) is 47.6 Å². The van der Waals surface area contributed by atoms with Crippen LogP contribution in [0.4, 0.5) is 0 Å². The molecule has 14 heteroatoms. The fourth-order valence-corrected chi connectivity index (χ4v) is 10.4. The zero-order valence-electron chi connectivity index (χ0n) is 43.1. The fourth-order valence-electron chi connectivity index (χ4n) is 10.4. The molecular weight excluding hydrogens is 1470 g/mol. The molecule has 118 heavy (non-hydrogen) atoms. The molecule has 14 nitrogen and oxygen atoms in total. The van der Waals surface area contributed by atoms with Gasteiger partial charge in [-0.15, -0.1) is 0 Å². The van der Waals surface area contributed by atoms with Crippen LogP contribution in [0.25, 0.3) is 0 Å². The number of unbranched alkanes of at least 4 members (excludes halogenated alkanes) is 1. The highest BCUT2D eigenvalue weighted by Crippen LogP contribution is 2.38. The Morgan fingerprint density at radius 1 is 0.517 bits per heavy atom. The number of rotatable bonds is 7. The van der Waals surface area contributed by atoms with Gasteiger partial charge in [-0.3, -0.25) is 14.4 Å². The van der Waals surface area contributed by atoms with Gasteiger partial charge in [0.1, 0.15) is 36.6 Å². The molecule has 780 valence electrons. The van der Waals surface area contributed by atoms with Gasteiger partial charge in [0, 0.05) is 57.8 Å². The first-order valence-electron chi connectivity index (χ1n) is 25.7. The van der Waals surface area contributed by atoms with Crippen molar-refractivity contribution in [2.75, 3.05) is 20.8 Å². The van der Waals surface area contributed by atoms with Crippen molar-refractivity contribution in [1.29, 1.82) is 0 Å². The smallest absolute Gasteiger partial charge is 0.329 e. The van der Waals surface area contributed by atoms with Crippen LogP contribution in [0.5, 0.6) is 0 Å². The second kappa shape index (κ2) is 154. The third-order valence-corrected chi connectivity index (χ3v) is 15.0. The first-order chi connectivity index (χ1) is 32.7. The van der Waals surface area contributed by atoms with E-state index >= 15 is 0 Å². The lowest BCUT2D eigenvalue weighted by molar-refractivity contribution is -0.265. The van der Waals surface area contributed by atoms with Crippen LogP contribution in [0, 0.1) is 47.5 Å². The number of methoxy groups -OCH3 is 2. The van der Waals surface area contributed by atoms with E-state index in [1.807, 2.05) is 65.0 Å². The Bertz CT molecular complexity index is 1890. The van der Waals surface area contributed by atoms with Crippen molar-refractivity contribution in [3.8, 4) is 12.0 Å². The van der Waals surface area contributed by atoms with Gasteiger partial charge in [0.05, 0.1) is 24.4 Å². The number of amides is 1. The summed E-state index contributed by atoms with van der Waals surface area (Å²) in [5.74, 6) is -4.42. The third kappa shape index (κ3) is 90.1. The second-order valence-electron chi connectivity index (χ2n) is 20.7. The lowest BCUT2D eigenvalue weighted by Gasteiger charge is -2.42. The molecule has 16 atom stereocenters. The number of aliphatic hydroxyl groups is 4. The predicted molar refractivity (Wildman–Crippen MR) is 593 cm³/mol. The summed E-state index contributed by atoms with van der Waals surface area (Å²) < 4.78 is 29.8. The van der Waals surface area contributed by atoms with Crippen molar-refractivity contribution in [2.24, 2.45) is 35.5 Å². The Hall–Kier alpha value is -3.68. The molecule has 1 amide bonds.